The van der Waals surface area contributed by atoms with Crippen molar-refractivity contribution in [2.24, 2.45) is 0 Å². The summed E-state index contributed by atoms with van der Waals surface area (Å²) < 4.78 is 76.1. The van der Waals surface area contributed by atoms with E-state index < -0.39 is 58.1 Å². The van der Waals surface area contributed by atoms with Gasteiger partial charge in [0.1, 0.15) is 10.6 Å². The number of aromatic hydroxyl groups is 1. The standard InChI is InChI=1S/C27H24F5N3O5S/c28-21-22(29)24(31)26(25(32)23(21)30)41-33-12-20(37)35(17-5-6-18(19(36)11-17)27(38)34-39)13-14-1-3-15(4-2-14)16-7-9-40-10-8-16/h1-6,11,16,33,36,39H,7-10,12-13H2,(H,34,38). The van der Waals surface area contributed by atoms with Crippen molar-refractivity contribution in [1.29, 1.82) is 0 Å². The lowest BCUT2D eigenvalue weighted by molar-refractivity contribution is -0.117. The van der Waals surface area contributed by atoms with Crippen LogP contribution in [0.25, 0.3) is 0 Å². The number of amides is 2. The maximum atomic E-state index is 14.0. The van der Waals surface area contributed by atoms with Crippen LogP contribution in [0.3, 0.4) is 0 Å². The fourth-order valence-corrected chi connectivity index (χ4v) is 5.01. The van der Waals surface area contributed by atoms with Crippen LogP contribution in [0, 0.1) is 29.1 Å². The van der Waals surface area contributed by atoms with Gasteiger partial charge < -0.3 is 14.7 Å². The number of ether oxygens (including phenoxy) is 1. The van der Waals surface area contributed by atoms with E-state index in [0.717, 1.165) is 24.5 Å². The number of anilines is 1. The summed E-state index contributed by atoms with van der Waals surface area (Å²) in [5.41, 5.74) is 3.02. The second-order valence-corrected chi connectivity index (χ2v) is 9.97. The Morgan fingerprint density at radius 2 is 1.54 bits per heavy atom. The Labute approximate surface area is 235 Å². The molecule has 3 aromatic carbocycles. The molecular weight excluding hydrogens is 573 g/mol. The number of nitrogens with zero attached hydrogens (tertiary/aromatic N) is 1. The molecule has 3 aromatic rings. The number of hydroxylamine groups is 1. The molecule has 0 saturated carbocycles. The van der Waals surface area contributed by atoms with E-state index >= 15 is 0 Å². The number of phenolic OH excluding ortho intramolecular Hbond substituents is 1. The number of benzene rings is 3. The fourth-order valence-electron chi connectivity index (χ4n) is 4.31. The Morgan fingerprint density at radius 1 is 0.927 bits per heavy atom. The maximum Gasteiger partial charge on any atom is 0.278 e. The maximum absolute atomic E-state index is 14.0. The van der Waals surface area contributed by atoms with Crippen molar-refractivity contribution in [2.75, 3.05) is 24.7 Å². The molecule has 14 heteroatoms. The van der Waals surface area contributed by atoms with Crippen molar-refractivity contribution in [3.05, 3.63) is 88.2 Å². The molecule has 0 spiro atoms. The number of hydrogen-bond donors (Lipinski definition) is 4. The van der Waals surface area contributed by atoms with Gasteiger partial charge in [0.05, 0.1) is 18.7 Å². The Kier molecular flexibility index (Phi) is 9.81. The minimum Gasteiger partial charge on any atom is -0.507 e. The summed E-state index contributed by atoms with van der Waals surface area (Å²) >= 11 is 0.0537. The summed E-state index contributed by atoms with van der Waals surface area (Å²) in [7, 11) is 0. The normalized spacial score (nSPS) is 13.7. The van der Waals surface area contributed by atoms with Crippen molar-refractivity contribution in [2.45, 2.75) is 30.2 Å². The van der Waals surface area contributed by atoms with Gasteiger partial charge in [-0.25, -0.2) is 27.4 Å². The second kappa shape index (κ2) is 13.3. The van der Waals surface area contributed by atoms with E-state index in [2.05, 4.69) is 4.72 Å². The molecule has 218 valence electrons. The lowest BCUT2D eigenvalue weighted by atomic mass is 9.91. The molecule has 0 aromatic heterocycles. The number of phenols is 1. The predicted molar refractivity (Wildman–Crippen MR) is 138 cm³/mol. The molecule has 1 aliphatic heterocycles. The van der Waals surface area contributed by atoms with E-state index in [0.29, 0.717) is 24.7 Å². The van der Waals surface area contributed by atoms with Gasteiger partial charge in [0, 0.05) is 25.0 Å². The van der Waals surface area contributed by atoms with Gasteiger partial charge in [-0.2, -0.15) is 0 Å². The van der Waals surface area contributed by atoms with Crippen LogP contribution >= 0.6 is 11.9 Å². The van der Waals surface area contributed by atoms with E-state index in [-0.39, 0.29) is 29.7 Å². The summed E-state index contributed by atoms with van der Waals surface area (Å²) in [5.74, 6) is -12.5. The first kappa shape index (κ1) is 30.2. The summed E-state index contributed by atoms with van der Waals surface area (Å²) in [4.78, 5) is 25.0. The number of carbonyl (C=O) groups excluding carboxylic acids is 2. The van der Waals surface area contributed by atoms with E-state index in [1.165, 1.54) is 22.5 Å². The third-order valence-corrected chi connectivity index (χ3v) is 7.37. The van der Waals surface area contributed by atoms with Gasteiger partial charge in [-0.15, -0.1) is 0 Å². The second-order valence-electron chi connectivity index (χ2n) is 9.07. The topological polar surface area (TPSA) is 111 Å². The van der Waals surface area contributed by atoms with Crippen molar-refractivity contribution in [3.8, 4) is 5.75 Å². The van der Waals surface area contributed by atoms with E-state index in [1.54, 1.807) is 0 Å². The summed E-state index contributed by atoms with van der Waals surface area (Å²) in [5, 5.41) is 19.2. The van der Waals surface area contributed by atoms with E-state index in [4.69, 9.17) is 9.94 Å². The summed E-state index contributed by atoms with van der Waals surface area (Å²) in [6.45, 7) is 0.674. The van der Waals surface area contributed by atoms with Gasteiger partial charge in [-0.1, -0.05) is 24.3 Å². The van der Waals surface area contributed by atoms with Gasteiger partial charge in [0.25, 0.3) is 5.91 Å². The first-order valence-electron chi connectivity index (χ1n) is 12.3. The molecule has 1 heterocycles. The van der Waals surface area contributed by atoms with Crippen molar-refractivity contribution >= 4 is 29.4 Å². The lowest BCUT2D eigenvalue weighted by Crippen LogP contribution is -2.36. The molecule has 0 atom stereocenters. The Morgan fingerprint density at radius 3 is 2.12 bits per heavy atom. The number of carbonyl (C=O) groups is 2. The lowest BCUT2D eigenvalue weighted by Gasteiger charge is -2.25. The third kappa shape index (κ3) is 6.78. The summed E-state index contributed by atoms with van der Waals surface area (Å²) in [6, 6.07) is 11.1. The smallest absolute Gasteiger partial charge is 0.278 e. The van der Waals surface area contributed by atoms with Crippen LogP contribution in [0.15, 0.2) is 47.4 Å². The van der Waals surface area contributed by atoms with Gasteiger partial charge in [0.2, 0.25) is 11.7 Å². The predicted octanol–water partition coefficient (Wildman–Crippen LogP) is 4.93. The zero-order valence-corrected chi connectivity index (χ0v) is 22.0. The molecule has 1 fully saturated rings. The molecule has 0 aliphatic carbocycles. The molecule has 1 saturated heterocycles. The molecule has 0 radical (unpaired) electrons. The first-order chi connectivity index (χ1) is 19.6. The largest absolute Gasteiger partial charge is 0.507 e. The molecule has 41 heavy (non-hydrogen) atoms. The highest BCUT2D eigenvalue weighted by molar-refractivity contribution is 7.97. The number of halogens is 5. The third-order valence-electron chi connectivity index (χ3n) is 6.52. The molecule has 4 N–H and O–H groups in total. The first-order valence-corrected chi connectivity index (χ1v) is 13.1. The SMILES string of the molecule is O=C(NO)c1ccc(N(Cc2ccc(C3CCOCC3)cc2)C(=O)CNSc2c(F)c(F)c(F)c(F)c2F)cc1O. The fraction of sp³-hybridized carbons (Fsp3) is 0.259. The highest BCUT2D eigenvalue weighted by atomic mass is 32.2. The van der Waals surface area contributed by atoms with Crippen LogP contribution in [-0.2, 0) is 16.1 Å². The monoisotopic (exact) mass is 597 g/mol. The van der Waals surface area contributed by atoms with Crippen LogP contribution in [0.1, 0.15) is 40.2 Å². The van der Waals surface area contributed by atoms with Crippen LogP contribution in [0.5, 0.6) is 5.75 Å². The van der Waals surface area contributed by atoms with Gasteiger partial charge >= 0.3 is 0 Å². The molecule has 0 unspecified atom stereocenters. The van der Waals surface area contributed by atoms with Crippen LogP contribution in [-0.4, -0.2) is 41.9 Å². The van der Waals surface area contributed by atoms with E-state index in [9.17, 15) is 36.6 Å². The molecule has 2 amide bonds. The number of nitrogens with one attached hydrogen (secondary N) is 2. The average Bonchev–Trinajstić information content (AvgIpc) is 2.99. The Balaban J connectivity index is 1.55. The van der Waals surface area contributed by atoms with Crippen molar-refractivity contribution in [1.82, 2.24) is 10.2 Å². The van der Waals surface area contributed by atoms with Crippen molar-refractivity contribution in [3.63, 3.8) is 0 Å². The molecule has 8 nitrogen and oxygen atoms in total. The quantitative estimate of drug-likeness (QED) is 0.0692. The Hall–Kier alpha value is -3.72. The number of rotatable bonds is 9. The minimum absolute atomic E-state index is 0.0350. The summed E-state index contributed by atoms with van der Waals surface area (Å²) in [6.07, 6.45) is 1.76. The van der Waals surface area contributed by atoms with Gasteiger partial charge in [-0.05, 0) is 54.0 Å². The Bertz CT molecular complexity index is 1410. The van der Waals surface area contributed by atoms with Crippen LogP contribution in [0.4, 0.5) is 27.6 Å². The minimum atomic E-state index is -2.30. The zero-order chi connectivity index (χ0) is 29.7. The zero-order valence-electron chi connectivity index (χ0n) is 21.2. The van der Waals surface area contributed by atoms with Gasteiger partial charge in [-0.3, -0.25) is 19.5 Å². The van der Waals surface area contributed by atoms with E-state index in [1.807, 2.05) is 24.3 Å². The molecule has 0 bridgehead atoms. The highest BCUT2D eigenvalue weighted by Gasteiger charge is 2.27. The van der Waals surface area contributed by atoms with Crippen molar-refractivity contribution < 1.29 is 46.6 Å². The van der Waals surface area contributed by atoms with Crippen LogP contribution < -0.4 is 15.1 Å². The van der Waals surface area contributed by atoms with Crippen LogP contribution in [0.2, 0.25) is 0 Å². The number of hydrogen-bond acceptors (Lipinski definition) is 7. The molecular formula is C27H24F5N3O5S. The molecule has 4 rings (SSSR count). The van der Waals surface area contributed by atoms with Gasteiger partial charge in [0.15, 0.2) is 23.3 Å². The average molecular weight is 598 g/mol. The molecule has 1 aliphatic rings. The highest BCUT2D eigenvalue weighted by Crippen LogP contribution is 2.31.